The summed E-state index contributed by atoms with van der Waals surface area (Å²) in [4.78, 5) is 12.2. The first-order chi connectivity index (χ1) is 12.1. The molecule has 0 aromatic heterocycles. The van der Waals surface area contributed by atoms with E-state index in [1.165, 1.54) is 0 Å². The lowest BCUT2D eigenvalue weighted by molar-refractivity contribution is -0.142. The third kappa shape index (κ3) is 23.2. The summed E-state index contributed by atoms with van der Waals surface area (Å²) in [6, 6.07) is 0. The molecule has 0 aliphatic rings. The maximum absolute atomic E-state index is 10.2. The van der Waals surface area contributed by atoms with Crippen LogP contribution in [0.15, 0.2) is 0 Å². The van der Waals surface area contributed by atoms with Crippen molar-refractivity contribution in [2.24, 2.45) is 0 Å². The van der Waals surface area contributed by atoms with Crippen LogP contribution in [0.25, 0.3) is 0 Å². The zero-order valence-corrected chi connectivity index (χ0v) is 15.4. The van der Waals surface area contributed by atoms with Gasteiger partial charge in [0.15, 0.2) is 0 Å². The monoisotopic (exact) mass is 367 g/mol. The quantitative estimate of drug-likeness (QED) is 0.292. The predicted molar refractivity (Wildman–Crippen MR) is 91.1 cm³/mol. The SMILES string of the molecule is CN(C)CCOCCOCCOCCOCCOCCOCC(=O)O. The number of carboxylic acid groups (broad SMARTS) is 1. The highest BCUT2D eigenvalue weighted by molar-refractivity contribution is 5.67. The lowest BCUT2D eigenvalue weighted by Gasteiger charge is -2.10. The van der Waals surface area contributed by atoms with Crippen LogP contribution in [-0.4, -0.2) is 116 Å². The number of rotatable bonds is 20. The van der Waals surface area contributed by atoms with Crippen LogP contribution >= 0.6 is 0 Å². The fourth-order valence-corrected chi connectivity index (χ4v) is 1.51. The Hall–Kier alpha value is -0.810. The molecule has 0 unspecified atom stereocenters. The van der Waals surface area contributed by atoms with E-state index < -0.39 is 5.97 Å². The van der Waals surface area contributed by atoms with Crippen LogP contribution in [0.4, 0.5) is 0 Å². The summed E-state index contributed by atoms with van der Waals surface area (Å²) in [5.74, 6) is -0.984. The molecule has 0 atom stereocenters. The lowest BCUT2D eigenvalue weighted by atomic mass is 10.6. The molecule has 0 aromatic rings. The molecule has 0 aliphatic carbocycles. The Morgan fingerprint density at radius 3 is 1.28 bits per heavy atom. The maximum Gasteiger partial charge on any atom is 0.329 e. The fourth-order valence-electron chi connectivity index (χ4n) is 1.51. The van der Waals surface area contributed by atoms with Gasteiger partial charge in [0, 0.05) is 6.54 Å². The summed E-state index contributed by atoms with van der Waals surface area (Å²) in [7, 11) is 4.02. The van der Waals surface area contributed by atoms with Gasteiger partial charge in [-0.1, -0.05) is 0 Å². The van der Waals surface area contributed by atoms with Gasteiger partial charge in [0.1, 0.15) is 6.61 Å². The van der Waals surface area contributed by atoms with E-state index >= 15 is 0 Å². The Morgan fingerprint density at radius 2 is 0.960 bits per heavy atom. The number of nitrogens with zero attached hydrogens (tertiary/aromatic N) is 1. The molecule has 0 aromatic carbocycles. The molecule has 0 fully saturated rings. The summed E-state index contributed by atoms with van der Waals surface area (Å²) < 4.78 is 31.5. The number of likely N-dealkylation sites (N-methyl/N-ethyl adjacent to an activating group) is 1. The van der Waals surface area contributed by atoms with E-state index in [0.29, 0.717) is 66.1 Å². The minimum Gasteiger partial charge on any atom is -0.480 e. The van der Waals surface area contributed by atoms with E-state index in [1.807, 2.05) is 14.1 Å². The molecule has 9 nitrogen and oxygen atoms in total. The van der Waals surface area contributed by atoms with Crippen LogP contribution in [0.1, 0.15) is 0 Å². The zero-order valence-electron chi connectivity index (χ0n) is 15.4. The van der Waals surface area contributed by atoms with Gasteiger partial charge >= 0.3 is 5.97 Å². The topological polar surface area (TPSA) is 95.9 Å². The zero-order chi connectivity index (χ0) is 18.6. The van der Waals surface area contributed by atoms with Crippen molar-refractivity contribution in [3.05, 3.63) is 0 Å². The van der Waals surface area contributed by atoms with Crippen molar-refractivity contribution in [3.63, 3.8) is 0 Å². The molecular weight excluding hydrogens is 334 g/mol. The molecule has 0 rings (SSSR count). The standard InChI is InChI=1S/C16H33NO8/c1-17(2)3-4-20-5-6-21-7-8-22-9-10-23-11-12-24-13-14-25-15-16(18)19/h3-15H2,1-2H3,(H,18,19). The summed E-state index contributed by atoms with van der Waals surface area (Å²) in [6.45, 7) is 6.06. The molecule has 0 bridgehead atoms. The van der Waals surface area contributed by atoms with E-state index in [0.717, 1.165) is 6.54 Å². The van der Waals surface area contributed by atoms with Gasteiger partial charge in [-0.15, -0.1) is 0 Å². The second kappa shape index (κ2) is 19.5. The number of ether oxygens (including phenoxy) is 6. The summed E-state index contributed by atoms with van der Waals surface area (Å²) in [5, 5.41) is 8.35. The molecule has 0 heterocycles. The van der Waals surface area contributed by atoms with Gasteiger partial charge in [-0.05, 0) is 14.1 Å². The van der Waals surface area contributed by atoms with Gasteiger partial charge in [-0.25, -0.2) is 4.79 Å². The highest BCUT2D eigenvalue weighted by Crippen LogP contribution is 1.85. The van der Waals surface area contributed by atoms with Crippen LogP contribution in [0.2, 0.25) is 0 Å². The first-order valence-corrected chi connectivity index (χ1v) is 8.46. The first kappa shape index (κ1) is 24.2. The van der Waals surface area contributed by atoms with Crippen molar-refractivity contribution in [1.82, 2.24) is 4.90 Å². The number of hydrogen-bond acceptors (Lipinski definition) is 8. The summed E-state index contributed by atoms with van der Waals surface area (Å²) in [6.07, 6.45) is 0. The second-order valence-electron chi connectivity index (χ2n) is 5.31. The highest BCUT2D eigenvalue weighted by Gasteiger charge is 1.96. The van der Waals surface area contributed by atoms with Gasteiger partial charge < -0.3 is 38.4 Å². The van der Waals surface area contributed by atoms with Gasteiger partial charge in [0.25, 0.3) is 0 Å². The molecule has 150 valence electrons. The number of aliphatic carboxylic acids is 1. The third-order valence-corrected chi connectivity index (χ3v) is 2.77. The molecule has 9 heteroatoms. The molecule has 0 spiro atoms. The maximum atomic E-state index is 10.2. The Kier molecular flexibility index (Phi) is 18.9. The van der Waals surface area contributed by atoms with Gasteiger partial charge in [0.2, 0.25) is 0 Å². The third-order valence-electron chi connectivity index (χ3n) is 2.77. The van der Waals surface area contributed by atoms with Crippen molar-refractivity contribution in [2.45, 2.75) is 0 Å². The van der Waals surface area contributed by atoms with Crippen molar-refractivity contribution in [1.29, 1.82) is 0 Å². The van der Waals surface area contributed by atoms with E-state index in [4.69, 9.17) is 33.5 Å². The lowest BCUT2D eigenvalue weighted by Crippen LogP contribution is -2.19. The van der Waals surface area contributed by atoms with Crippen LogP contribution in [0.3, 0.4) is 0 Å². The van der Waals surface area contributed by atoms with E-state index in [-0.39, 0.29) is 13.2 Å². The smallest absolute Gasteiger partial charge is 0.329 e. The molecular formula is C16H33NO8. The normalized spacial score (nSPS) is 11.3. The minimum atomic E-state index is -0.984. The minimum absolute atomic E-state index is 0.260. The second-order valence-corrected chi connectivity index (χ2v) is 5.31. The molecule has 1 N–H and O–H groups in total. The highest BCUT2D eigenvalue weighted by atomic mass is 16.6. The fraction of sp³-hybridized carbons (Fsp3) is 0.938. The Morgan fingerprint density at radius 1 is 0.640 bits per heavy atom. The number of carboxylic acids is 1. The molecule has 0 radical (unpaired) electrons. The summed E-state index contributed by atoms with van der Waals surface area (Å²) >= 11 is 0. The first-order valence-electron chi connectivity index (χ1n) is 8.46. The molecule has 0 saturated heterocycles. The van der Waals surface area contributed by atoms with Crippen LogP contribution in [-0.2, 0) is 33.2 Å². The predicted octanol–water partition coefficient (Wildman–Crippen LogP) is -0.268. The molecule has 25 heavy (non-hydrogen) atoms. The van der Waals surface area contributed by atoms with Crippen LogP contribution in [0, 0.1) is 0 Å². The largest absolute Gasteiger partial charge is 0.480 e. The van der Waals surface area contributed by atoms with Crippen molar-refractivity contribution >= 4 is 5.97 Å². The molecule has 0 saturated carbocycles. The van der Waals surface area contributed by atoms with Crippen molar-refractivity contribution in [2.75, 3.05) is 99.9 Å². The Bertz CT molecular complexity index is 291. The Balaban J connectivity index is 2.99. The summed E-state index contributed by atoms with van der Waals surface area (Å²) in [5.41, 5.74) is 0. The molecule has 0 aliphatic heterocycles. The van der Waals surface area contributed by atoms with Crippen molar-refractivity contribution < 1.29 is 38.3 Å². The average Bonchev–Trinajstić information content (AvgIpc) is 2.56. The van der Waals surface area contributed by atoms with Crippen molar-refractivity contribution in [3.8, 4) is 0 Å². The number of hydrogen-bond donors (Lipinski definition) is 1. The average molecular weight is 367 g/mol. The van der Waals surface area contributed by atoms with E-state index in [2.05, 4.69) is 4.90 Å². The van der Waals surface area contributed by atoms with E-state index in [1.54, 1.807) is 0 Å². The van der Waals surface area contributed by atoms with E-state index in [9.17, 15) is 4.79 Å². The number of carbonyl (C=O) groups is 1. The van der Waals surface area contributed by atoms with Crippen LogP contribution < -0.4 is 0 Å². The van der Waals surface area contributed by atoms with Crippen LogP contribution in [0.5, 0.6) is 0 Å². The van der Waals surface area contributed by atoms with Gasteiger partial charge in [-0.2, -0.15) is 0 Å². The molecule has 0 amide bonds. The van der Waals surface area contributed by atoms with Gasteiger partial charge in [0.05, 0.1) is 72.7 Å². The van der Waals surface area contributed by atoms with Gasteiger partial charge in [-0.3, -0.25) is 0 Å². The Labute approximate surface area is 150 Å².